The molecule has 90 valence electrons. The molecule has 0 radical (unpaired) electrons. The number of halogens is 1. The van der Waals surface area contributed by atoms with E-state index in [0.29, 0.717) is 18.9 Å². The van der Waals surface area contributed by atoms with Crippen molar-refractivity contribution in [3.05, 3.63) is 0 Å². The van der Waals surface area contributed by atoms with Crippen LogP contribution in [0.4, 0.5) is 0 Å². The minimum atomic E-state index is -3.16. The first-order chi connectivity index (χ1) is 7.05. The van der Waals surface area contributed by atoms with Gasteiger partial charge in [0.1, 0.15) is 0 Å². The summed E-state index contributed by atoms with van der Waals surface area (Å²) in [6.07, 6.45) is 2.09. The van der Waals surface area contributed by atoms with Gasteiger partial charge in [0.15, 0.2) is 0 Å². The molecule has 1 saturated heterocycles. The first kappa shape index (κ1) is 13.2. The first-order valence-electron chi connectivity index (χ1n) is 5.23. The van der Waals surface area contributed by atoms with Crippen LogP contribution in [0.5, 0.6) is 0 Å². The Kier molecular flexibility index (Phi) is 5.32. The largest absolute Gasteiger partial charge is 0.377 e. The SMILES string of the molecule is CC1OCCC1NS(=O)(=O)CCCCCl. The molecule has 0 aliphatic carbocycles. The summed E-state index contributed by atoms with van der Waals surface area (Å²) < 4.78 is 31.2. The number of hydrogen-bond donors (Lipinski definition) is 1. The zero-order valence-corrected chi connectivity index (χ0v) is 10.5. The fourth-order valence-electron chi connectivity index (χ4n) is 1.56. The van der Waals surface area contributed by atoms with Crippen molar-refractivity contribution in [2.45, 2.75) is 38.3 Å². The molecule has 1 N–H and O–H groups in total. The van der Waals surface area contributed by atoms with Crippen LogP contribution < -0.4 is 4.72 Å². The number of alkyl halides is 1. The number of nitrogens with one attached hydrogen (secondary N) is 1. The highest BCUT2D eigenvalue weighted by Crippen LogP contribution is 2.13. The normalized spacial score (nSPS) is 27.1. The monoisotopic (exact) mass is 255 g/mol. The lowest BCUT2D eigenvalue weighted by Crippen LogP contribution is -2.40. The van der Waals surface area contributed by atoms with Crippen molar-refractivity contribution in [3.63, 3.8) is 0 Å². The van der Waals surface area contributed by atoms with Crippen molar-refractivity contribution in [1.82, 2.24) is 4.72 Å². The lowest BCUT2D eigenvalue weighted by molar-refractivity contribution is 0.117. The highest BCUT2D eigenvalue weighted by molar-refractivity contribution is 7.89. The molecule has 6 heteroatoms. The molecular weight excluding hydrogens is 238 g/mol. The second kappa shape index (κ2) is 6.03. The van der Waals surface area contributed by atoms with Crippen LogP contribution >= 0.6 is 11.6 Å². The summed E-state index contributed by atoms with van der Waals surface area (Å²) >= 11 is 5.49. The van der Waals surface area contributed by atoms with Gasteiger partial charge in [-0.05, 0) is 26.2 Å². The Hall–Kier alpha value is 0.160. The van der Waals surface area contributed by atoms with Gasteiger partial charge in [-0.25, -0.2) is 13.1 Å². The number of hydrogen-bond acceptors (Lipinski definition) is 3. The molecule has 0 saturated carbocycles. The Morgan fingerprint density at radius 1 is 1.47 bits per heavy atom. The summed E-state index contributed by atoms with van der Waals surface area (Å²) in [7, 11) is -3.16. The third-order valence-corrected chi connectivity index (χ3v) is 4.26. The van der Waals surface area contributed by atoms with Crippen LogP contribution in [0.1, 0.15) is 26.2 Å². The minimum absolute atomic E-state index is 0.0206. The van der Waals surface area contributed by atoms with Crippen molar-refractivity contribution in [2.75, 3.05) is 18.2 Å². The van der Waals surface area contributed by atoms with Gasteiger partial charge in [-0.1, -0.05) is 0 Å². The highest BCUT2D eigenvalue weighted by Gasteiger charge is 2.27. The van der Waals surface area contributed by atoms with Crippen LogP contribution in [0.2, 0.25) is 0 Å². The van der Waals surface area contributed by atoms with Gasteiger partial charge in [-0.3, -0.25) is 0 Å². The summed E-state index contributed by atoms with van der Waals surface area (Å²) in [5.74, 6) is 0.668. The maximum absolute atomic E-state index is 11.6. The van der Waals surface area contributed by atoms with E-state index >= 15 is 0 Å². The molecule has 2 atom stereocenters. The van der Waals surface area contributed by atoms with E-state index in [2.05, 4.69) is 4.72 Å². The van der Waals surface area contributed by atoms with E-state index in [1.807, 2.05) is 6.92 Å². The third-order valence-electron chi connectivity index (χ3n) is 2.50. The Labute approximate surface area is 96.4 Å². The van der Waals surface area contributed by atoms with Crippen LogP contribution in [0.15, 0.2) is 0 Å². The summed E-state index contributed by atoms with van der Waals surface area (Å²) in [6, 6.07) is -0.0639. The molecule has 1 aliphatic heterocycles. The molecule has 0 spiro atoms. The smallest absolute Gasteiger partial charge is 0.211 e. The molecule has 0 aromatic carbocycles. The number of ether oxygens (including phenoxy) is 1. The molecule has 1 rings (SSSR count). The molecule has 1 aliphatic rings. The van der Waals surface area contributed by atoms with E-state index in [9.17, 15) is 8.42 Å². The zero-order chi connectivity index (χ0) is 11.3. The molecule has 15 heavy (non-hydrogen) atoms. The van der Waals surface area contributed by atoms with Crippen molar-refractivity contribution >= 4 is 21.6 Å². The van der Waals surface area contributed by atoms with E-state index in [1.165, 1.54) is 0 Å². The summed E-state index contributed by atoms with van der Waals surface area (Å²) in [6.45, 7) is 2.52. The van der Waals surface area contributed by atoms with Crippen molar-refractivity contribution in [2.24, 2.45) is 0 Å². The fraction of sp³-hybridized carbons (Fsp3) is 1.00. The van der Waals surface area contributed by atoms with Gasteiger partial charge < -0.3 is 4.74 Å². The molecule has 0 amide bonds. The molecule has 1 heterocycles. The molecule has 1 fully saturated rings. The van der Waals surface area contributed by atoms with Crippen molar-refractivity contribution in [3.8, 4) is 0 Å². The standard InChI is InChI=1S/C9H18ClNO3S/c1-8-9(4-6-14-8)11-15(12,13)7-3-2-5-10/h8-9,11H,2-7H2,1H3. The van der Waals surface area contributed by atoms with Gasteiger partial charge in [-0.15, -0.1) is 11.6 Å². The molecule has 4 nitrogen and oxygen atoms in total. The van der Waals surface area contributed by atoms with Crippen LogP contribution in [-0.2, 0) is 14.8 Å². The van der Waals surface area contributed by atoms with E-state index < -0.39 is 10.0 Å². The highest BCUT2D eigenvalue weighted by atomic mass is 35.5. The summed E-state index contributed by atoms with van der Waals surface area (Å²) in [5, 5.41) is 0. The van der Waals surface area contributed by atoms with Gasteiger partial charge in [0.25, 0.3) is 0 Å². The number of unbranched alkanes of at least 4 members (excludes halogenated alkanes) is 1. The molecule has 2 unspecified atom stereocenters. The maximum atomic E-state index is 11.6. The van der Waals surface area contributed by atoms with Crippen LogP contribution in [-0.4, -0.2) is 38.8 Å². The average Bonchev–Trinajstić information content (AvgIpc) is 2.51. The van der Waals surface area contributed by atoms with E-state index in [0.717, 1.165) is 12.8 Å². The van der Waals surface area contributed by atoms with Gasteiger partial charge in [0.2, 0.25) is 10.0 Å². The Balaban J connectivity index is 2.35. The predicted octanol–water partition coefficient (Wildman–Crippen LogP) is 1.10. The van der Waals surface area contributed by atoms with E-state index in [1.54, 1.807) is 0 Å². The molecule has 0 aromatic heterocycles. The molecule has 0 bridgehead atoms. The Morgan fingerprint density at radius 3 is 2.73 bits per heavy atom. The second-order valence-corrected chi connectivity index (χ2v) is 6.06. The Morgan fingerprint density at radius 2 is 2.20 bits per heavy atom. The van der Waals surface area contributed by atoms with Crippen molar-refractivity contribution < 1.29 is 13.2 Å². The Bertz CT molecular complexity index is 281. The van der Waals surface area contributed by atoms with Crippen molar-refractivity contribution in [1.29, 1.82) is 0 Å². The topological polar surface area (TPSA) is 55.4 Å². The van der Waals surface area contributed by atoms with E-state index in [-0.39, 0.29) is 17.9 Å². The van der Waals surface area contributed by atoms with Gasteiger partial charge in [-0.2, -0.15) is 0 Å². The van der Waals surface area contributed by atoms with Crippen LogP contribution in [0, 0.1) is 0 Å². The zero-order valence-electron chi connectivity index (χ0n) is 8.91. The minimum Gasteiger partial charge on any atom is -0.377 e. The molecular formula is C9H18ClNO3S. The second-order valence-electron chi connectivity index (χ2n) is 3.80. The predicted molar refractivity (Wildman–Crippen MR) is 60.7 cm³/mol. The van der Waals surface area contributed by atoms with Crippen LogP contribution in [0.3, 0.4) is 0 Å². The maximum Gasteiger partial charge on any atom is 0.211 e. The fourth-order valence-corrected chi connectivity index (χ4v) is 3.22. The molecule has 0 aromatic rings. The lowest BCUT2D eigenvalue weighted by Gasteiger charge is -2.15. The number of rotatable bonds is 6. The third kappa shape index (κ3) is 4.68. The number of sulfonamides is 1. The van der Waals surface area contributed by atoms with Gasteiger partial charge in [0.05, 0.1) is 11.9 Å². The summed E-state index contributed by atoms with van der Waals surface area (Å²) in [4.78, 5) is 0. The summed E-state index contributed by atoms with van der Waals surface area (Å²) in [5.41, 5.74) is 0. The quantitative estimate of drug-likeness (QED) is 0.571. The van der Waals surface area contributed by atoms with E-state index in [4.69, 9.17) is 16.3 Å². The average molecular weight is 256 g/mol. The van der Waals surface area contributed by atoms with Gasteiger partial charge in [0, 0.05) is 18.5 Å². The lowest BCUT2D eigenvalue weighted by atomic mass is 10.2. The van der Waals surface area contributed by atoms with Gasteiger partial charge >= 0.3 is 0 Å². The van der Waals surface area contributed by atoms with Crippen LogP contribution in [0.25, 0.3) is 0 Å². The first-order valence-corrected chi connectivity index (χ1v) is 7.41.